The molecule has 0 aromatic carbocycles. The van der Waals surface area contributed by atoms with Crippen LogP contribution in [0.3, 0.4) is 0 Å². The minimum absolute atomic E-state index is 0.163. The number of rotatable bonds is 7. The Morgan fingerprint density at radius 3 is 2.55 bits per heavy atom. The van der Waals surface area contributed by atoms with E-state index in [9.17, 15) is 9.59 Å². The summed E-state index contributed by atoms with van der Waals surface area (Å²) in [5, 5.41) is 14.5. The topological polar surface area (TPSA) is 87.7 Å². The fraction of sp³-hybridized carbons (Fsp3) is 0.857. The van der Waals surface area contributed by atoms with Crippen LogP contribution in [0.2, 0.25) is 0 Å². The van der Waals surface area contributed by atoms with Crippen LogP contribution in [0.25, 0.3) is 0 Å². The van der Waals surface area contributed by atoms with E-state index in [4.69, 9.17) is 9.84 Å². The van der Waals surface area contributed by atoms with Crippen LogP contribution >= 0.6 is 0 Å². The minimum Gasteiger partial charge on any atom is -0.481 e. The van der Waals surface area contributed by atoms with Gasteiger partial charge in [-0.1, -0.05) is 13.8 Å². The molecule has 3 atom stereocenters. The van der Waals surface area contributed by atoms with Crippen molar-refractivity contribution in [3.63, 3.8) is 0 Å². The third-order valence-corrected chi connectivity index (χ3v) is 3.67. The molecule has 1 aliphatic rings. The van der Waals surface area contributed by atoms with Gasteiger partial charge in [0.1, 0.15) is 0 Å². The lowest BCUT2D eigenvalue weighted by atomic mass is 9.97. The standard InChI is InChI=1S/C14H26N2O4/c1-9(2)6-12(13(17)18)8-16-14(19)15-7-11-4-5-20-10(11)3/h9-12H,4-8H2,1-3H3,(H,17,18)(H2,15,16,19). The van der Waals surface area contributed by atoms with Crippen LogP contribution in [0.4, 0.5) is 4.79 Å². The van der Waals surface area contributed by atoms with E-state index in [0.29, 0.717) is 18.9 Å². The van der Waals surface area contributed by atoms with Gasteiger partial charge in [0.2, 0.25) is 0 Å². The van der Waals surface area contributed by atoms with Gasteiger partial charge in [-0.15, -0.1) is 0 Å². The van der Waals surface area contributed by atoms with Gasteiger partial charge in [-0.25, -0.2) is 4.79 Å². The zero-order chi connectivity index (χ0) is 15.1. The first-order valence-corrected chi connectivity index (χ1v) is 7.26. The molecule has 20 heavy (non-hydrogen) atoms. The molecule has 3 unspecified atom stereocenters. The highest BCUT2D eigenvalue weighted by Crippen LogP contribution is 2.19. The van der Waals surface area contributed by atoms with E-state index >= 15 is 0 Å². The summed E-state index contributed by atoms with van der Waals surface area (Å²) in [4.78, 5) is 22.7. The Bertz CT molecular complexity index is 333. The van der Waals surface area contributed by atoms with E-state index in [0.717, 1.165) is 13.0 Å². The number of carbonyl (C=O) groups excluding carboxylic acids is 1. The van der Waals surface area contributed by atoms with Crippen LogP contribution in [-0.4, -0.2) is 42.9 Å². The second-order valence-corrected chi connectivity index (χ2v) is 5.88. The molecule has 116 valence electrons. The highest BCUT2D eigenvalue weighted by atomic mass is 16.5. The molecule has 0 spiro atoms. The number of hydrogen-bond donors (Lipinski definition) is 3. The molecule has 6 nitrogen and oxygen atoms in total. The van der Waals surface area contributed by atoms with Gasteiger partial charge < -0.3 is 20.5 Å². The lowest BCUT2D eigenvalue weighted by molar-refractivity contribution is -0.142. The van der Waals surface area contributed by atoms with Gasteiger partial charge in [-0.3, -0.25) is 4.79 Å². The van der Waals surface area contributed by atoms with Gasteiger partial charge in [0.05, 0.1) is 12.0 Å². The molecule has 0 bridgehead atoms. The van der Waals surface area contributed by atoms with Crippen molar-refractivity contribution in [1.82, 2.24) is 10.6 Å². The Labute approximate surface area is 120 Å². The zero-order valence-electron chi connectivity index (χ0n) is 12.5. The van der Waals surface area contributed by atoms with Crippen LogP contribution in [0, 0.1) is 17.8 Å². The SMILES string of the molecule is CC(C)CC(CNC(=O)NCC1CCOC1C)C(=O)O. The zero-order valence-corrected chi connectivity index (χ0v) is 12.5. The molecule has 0 saturated carbocycles. The van der Waals surface area contributed by atoms with Crippen molar-refractivity contribution in [3.8, 4) is 0 Å². The molecule has 1 saturated heterocycles. The number of ether oxygens (including phenoxy) is 1. The van der Waals surface area contributed by atoms with E-state index in [1.54, 1.807) is 0 Å². The number of urea groups is 1. The fourth-order valence-electron chi connectivity index (χ4n) is 2.39. The van der Waals surface area contributed by atoms with E-state index in [2.05, 4.69) is 10.6 Å². The highest BCUT2D eigenvalue weighted by Gasteiger charge is 2.25. The predicted molar refractivity (Wildman–Crippen MR) is 75.5 cm³/mol. The molecule has 2 amide bonds. The molecule has 0 aliphatic carbocycles. The summed E-state index contributed by atoms with van der Waals surface area (Å²) in [6.07, 6.45) is 1.68. The summed E-state index contributed by atoms with van der Waals surface area (Å²) in [7, 11) is 0. The Morgan fingerprint density at radius 2 is 2.05 bits per heavy atom. The quantitative estimate of drug-likeness (QED) is 0.661. The number of carboxylic acid groups (broad SMARTS) is 1. The van der Waals surface area contributed by atoms with Crippen molar-refractivity contribution in [1.29, 1.82) is 0 Å². The fourth-order valence-corrected chi connectivity index (χ4v) is 2.39. The lowest BCUT2D eigenvalue weighted by Crippen LogP contribution is -2.42. The second kappa shape index (κ2) is 8.09. The molecule has 1 rings (SSSR count). The first-order valence-electron chi connectivity index (χ1n) is 7.26. The molecule has 0 radical (unpaired) electrons. The maximum atomic E-state index is 11.7. The van der Waals surface area contributed by atoms with Crippen LogP contribution in [-0.2, 0) is 9.53 Å². The van der Waals surface area contributed by atoms with Crippen molar-refractivity contribution >= 4 is 12.0 Å². The van der Waals surface area contributed by atoms with Crippen LogP contribution in [0.15, 0.2) is 0 Å². The first kappa shape index (κ1) is 16.8. The van der Waals surface area contributed by atoms with Crippen LogP contribution in [0.5, 0.6) is 0 Å². The first-order chi connectivity index (χ1) is 9.40. The summed E-state index contributed by atoms with van der Waals surface area (Å²) in [5.41, 5.74) is 0. The third kappa shape index (κ3) is 5.77. The Hall–Kier alpha value is -1.30. The summed E-state index contributed by atoms with van der Waals surface area (Å²) in [6, 6.07) is -0.306. The number of carboxylic acids is 1. The van der Waals surface area contributed by atoms with Gasteiger partial charge in [0.15, 0.2) is 0 Å². The summed E-state index contributed by atoms with van der Waals surface area (Å²) >= 11 is 0. The summed E-state index contributed by atoms with van der Waals surface area (Å²) in [5.74, 6) is -0.768. The molecular weight excluding hydrogens is 260 g/mol. The van der Waals surface area contributed by atoms with Gasteiger partial charge in [-0.05, 0) is 25.7 Å². The van der Waals surface area contributed by atoms with Crippen LogP contribution < -0.4 is 10.6 Å². The lowest BCUT2D eigenvalue weighted by Gasteiger charge is -2.17. The van der Waals surface area contributed by atoms with Crippen molar-refractivity contribution in [2.45, 2.75) is 39.7 Å². The average Bonchev–Trinajstić information content (AvgIpc) is 2.76. The van der Waals surface area contributed by atoms with Crippen molar-refractivity contribution in [2.75, 3.05) is 19.7 Å². The van der Waals surface area contributed by atoms with E-state index < -0.39 is 11.9 Å². The van der Waals surface area contributed by atoms with Crippen molar-refractivity contribution < 1.29 is 19.4 Å². The van der Waals surface area contributed by atoms with E-state index in [1.807, 2.05) is 20.8 Å². The third-order valence-electron chi connectivity index (χ3n) is 3.67. The van der Waals surface area contributed by atoms with Gasteiger partial charge >= 0.3 is 12.0 Å². The molecule has 0 aromatic rings. The Morgan fingerprint density at radius 1 is 1.35 bits per heavy atom. The highest BCUT2D eigenvalue weighted by molar-refractivity contribution is 5.75. The molecule has 0 aromatic heterocycles. The largest absolute Gasteiger partial charge is 0.481 e. The smallest absolute Gasteiger partial charge is 0.314 e. The average molecular weight is 286 g/mol. The van der Waals surface area contributed by atoms with E-state index in [-0.39, 0.29) is 24.6 Å². The summed E-state index contributed by atoms with van der Waals surface area (Å²) < 4.78 is 5.42. The second-order valence-electron chi connectivity index (χ2n) is 5.88. The van der Waals surface area contributed by atoms with Crippen LogP contribution in [0.1, 0.15) is 33.6 Å². The number of carbonyl (C=O) groups is 2. The number of amides is 2. The van der Waals surface area contributed by atoms with Gasteiger partial charge in [0.25, 0.3) is 0 Å². The van der Waals surface area contributed by atoms with Crippen molar-refractivity contribution in [2.24, 2.45) is 17.8 Å². The minimum atomic E-state index is -0.864. The normalized spacial score (nSPS) is 23.6. The molecule has 3 N–H and O–H groups in total. The van der Waals surface area contributed by atoms with Gasteiger partial charge in [0, 0.05) is 25.6 Å². The number of aliphatic carboxylic acids is 1. The molecule has 1 heterocycles. The molecule has 6 heteroatoms. The molecule has 1 aliphatic heterocycles. The number of hydrogen-bond acceptors (Lipinski definition) is 3. The molecular formula is C14H26N2O4. The summed E-state index contributed by atoms with van der Waals surface area (Å²) in [6.45, 7) is 7.41. The maximum absolute atomic E-state index is 11.7. The van der Waals surface area contributed by atoms with Gasteiger partial charge in [-0.2, -0.15) is 0 Å². The van der Waals surface area contributed by atoms with E-state index in [1.165, 1.54) is 0 Å². The van der Waals surface area contributed by atoms with Crippen molar-refractivity contribution in [3.05, 3.63) is 0 Å². The predicted octanol–water partition coefficient (Wildman–Crippen LogP) is 1.46. The Balaban J connectivity index is 2.25. The molecule has 1 fully saturated rings. The monoisotopic (exact) mass is 286 g/mol. The maximum Gasteiger partial charge on any atom is 0.314 e. The number of nitrogens with one attached hydrogen (secondary N) is 2. The Kier molecular flexibility index (Phi) is 6.78.